The smallest absolute Gasteiger partial charge is 0.251 e. The molecular weight excluding hydrogens is 190 g/mol. The summed E-state index contributed by atoms with van der Waals surface area (Å²) in [7, 11) is 1.57. The summed E-state index contributed by atoms with van der Waals surface area (Å²) in [5.41, 5.74) is 1.18. The zero-order valence-corrected chi connectivity index (χ0v) is 9.63. The first kappa shape index (κ1) is 13.4. The highest BCUT2D eigenvalue weighted by Gasteiger charge is 2.03. The Balaban J connectivity index is 0.000000921. The second-order valence-electron chi connectivity index (χ2n) is 2.71. The minimum Gasteiger partial charge on any atom is -0.355 e. The van der Waals surface area contributed by atoms with Crippen LogP contribution in [0.2, 0.25) is 0 Å². The molecule has 0 spiro atoms. The van der Waals surface area contributed by atoms with Crippen molar-refractivity contribution in [1.29, 1.82) is 0 Å². The summed E-state index contributed by atoms with van der Waals surface area (Å²) in [5, 5.41) is 2.51. The number of nitrogens with one attached hydrogen (secondary N) is 1. The fourth-order valence-electron chi connectivity index (χ4n) is 1.00. The van der Waals surface area contributed by atoms with Crippen LogP contribution in [0.1, 0.15) is 41.5 Å². The average Bonchev–Trinajstić information content (AvgIpc) is 2.31. The van der Waals surface area contributed by atoms with Crippen molar-refractivity contribution < 1.29 is 9.59 Å². The maximum absolute atomic E-state index is 11.1. The van der Waals surface area contributed by atoms with Crippen molar-refractivity contribution >= 4 is 11.7 Å². The van der Waals surface area contributed by atoms with E-state index in [0.29, 0.717) is 11.1 Å². The zero-order chi connectivity index (χ0) is 11.8. The van der Waals surface area contributed by atoms with Crippen molar-refractivity contribution in [2.24, 2.45) is 0 Å². The first-order valence-corrected chi connectivity index (χ1v) is 4.98. The van der Waals surface area contributed by atoms with Gasteiger partial charge in [-0.05, 0) is 19.1 Å². The molecule has 0 heterocycles. The van der Waals surface area contributed by atoms with E-state index in [0.717, 1.165) is 0 Å². The molecule has 0 fully saturated rings. The van der Waals surface area contributed by atoms with Crippen molar-refractivity contribution in [3.8, 4) is 0 Å². The number of carbonyl (C=O) groups is 2. The van der Waals surface area contributed by atoms with Gasteiger partial charge in [0.05, 0.1) is 0 Å². The lowest BCUT2D eigenvalue weighted by atomic mass is 10.1. The summed E-state index contributed by atoms with van der Waals surface area (Å²) >= 11 is 0. The normalized spacial score (nSPS) is 8.53. The molecule has 3 nitrogen and oxygen atoms in total. The van der Waals surface area contributed by atoms with Crippen LogP contribution in [0, 0.1) is 0 Å². The lowest BCUT2D eigenvalue weighted by molar-refractivity contribution is 0.0960. The number of amides is 1. The van der Waals surface area contributed by atoms with Crippen molar-refractivity contribution in [2.75, 3.05) is 7.05 Å². The van der Waals surface area contributed by atoms with E-state index >= 15 is 0 Å². The van der Waals surface area contributed by atoms with Crippen LogP contribution in [0.4, 0.5) is 0 Å². The molecule has 1 rings (SSSR count). The maximum Gasteiger partial charge on any atom is 0.251 e. The molecule has 0 bridgehead atoms. The number of ketones is 1. The molecule has 0 radical (unpaired) electrons. The molecule has 3 heteroatoms. The first-order chi connectivity index (χ1) is 7.15. The van der Waals surface area contributed by atoms with E-state index in [1.807, 2.05) is 13.8 Å². The standard InChI is InChI=1S/C10H11NO2.C2H6/c1-7(12)8-3-5-9(6-4-8)10(13)11-2;1-2/h3-6H,1-2H3,(H,11,13);1-2H3. The van der Waals surface area contributed by atoms with Crippen LogP contribution in [0.5, 0.6) is 0 Å². The molecule has 1 amide bonds. The summed E-state index contributed by atoms with van der Waals surface area (Å²) < 4.78 is 0. The number of Topliss-reactive ketones (excluding diaryl/α,β-unsaturated/α-hetero) is 1. The number of carbonyl (C=O) groups excluding carboxylic acids is 2. The average molecular weight is 207 g/mol. The molecule has 0 aliphatic rings. The molecule has 0 aromatic heterocycles. The molecule has 15 heavy (non-hydrogen) atoms. The van der Waals surface area contributed by atoms with E-state index in [9.17, 15) is 9.59 Å². The van der Waals surface area contributed by atoms with Crippen molar-refractivity contribution in [2.45, 2.75) is 20.8 Å². The van der Waals surface area contributed by atoms with Crippen LogP contribution in [0.3, 0.4) is 0 Å². The fourth-order valence-corrected chi connectivity index (χ4v) is 1.00. The molecule has 0 unspecified atom stereocenters. The highest BCUT2D eigenvalue weighted by molar-refractivity contribution is 5.97. The molecule has 0 saturated carbocycles. The summed E-state index contributed by atoms with van der Waals surface area (Å²) in [6, 6.07) is 6.56. The highest BCUT2D eigenvalue weighted by atomic mass is 16.1. The van der Waals surface area contributed by atoms with E-state index in [4.69, 9.17) is 0 Å². The van der Waals surface area contributed by atoms with Crippen LogP contribution in [0.25, 0.3) is 0 Å². The molecular formula is C12H17NO2. The van der Waals surface area contributed by atoms with E-state index < -0.39 is 0 Å². The third-order valence-electron chi connectivity index (χ3n) is 1.78. The monoisotopic (exact) mass is 207 g/mol. The SMILES string of the molecule is CC.CNC(=O)c1ccc(C(C)=O)cc1. The highest BCUT2D eigenvalue weighted by Crippen LogP contribution is 2.04. The van der Waals surface area contributed by atoms with E-state index in [1.54, 1.807) is 31.3 Å². The summed E-state index contributed by atoms with van der Waals surface area (Å²) in [6.45, 7) is 5.49. The Bertz CT molecular complexity index is 328. The predicted molar refractivity (Wildman–Crippen MR) is 61.2 cm³/mol. The summed E-state index contributed by atoms with van der Waals surface area (Å²) in [4.78, 5) is 22.0. The minimum atomic E-state index is -0.143. The van der Waals surface area contributed by atoms with Crippen LogP contribution in [0.15, 0.2) is 24.3 Å². The predicted octanol–water partition coefficient (Wildman–Crippen LogP) is 2.28. The first-order valence-electron chi connectivity index (χ1n) is 4.98. The van der Waals surface area contributed by atoms with E-state index in [-0.39, 0.29) is 11.7 Å². The molecule has 82 valence electrons. The Kier molecular flexibility index (Phi) is 6.02. The van der Waals surface area contributed by atoms with E-state index in [1.165, 1.54) is 6.92 Å². The van der Waals surface area contributed by atoms with Gasteiger partial charge in [0.25, 0.3) is 5.91 Å². The number of hydrogen-bond donors (Lipinski definition) is 1. The zero-order valence-electron chi connectivity index (χ0n) is 9.63. The van der Waals surface area contributed by atoms with Gasteiger partial charge in [0.2, 0.25) is 0 Å². The van der Waals surface area contributed by atoms with Gasteiger partial charge in [-0.25, -0.2) is 0 Å². The molecule has 1 aromatic rings. The Morgan fingerprint density at radius 2 is 1.40 bits per heavy atom. The van der Waals surface area contributed by atoms with Gasteiger partial charge in [-0.1, -0.05) is 26.0 Å². The molecule has 0 atom stereocenters. The van der Waals surface area contributed by atoms with Crippen LogP contribution in [-0.4, -0.2) is 18.7 Å². The molecule has 1 N–H and O–H groups in total. The Morgan fingerprint density at radius 3 is 1.73 bits per heavy atom. The van der Waals surface area contributed by atoms with Crippen molar-refractivity contribution in [1.82, 2.24) is 5.32 Å². The van der Waals surface area contributed by atoms with Gasteiger partial charge in [-0.3, -0.25) is 9.59 Å². The van der Waals surface area contributed by atoms with Crippen LogP contribution >= 0.6 is 0 Å². The maximum atomic E-state index is 11.1. The van der Waals surface area contributed by atoms with E-state index in [2.05, 4.69) is 5.32 Å². The number of hydrogen-bond acceptors (Lipinski definition) is 2. The third-order valence-corrected chi connectivity index (χ3v) is 1.78. The van der Waals surface area contributed by atoms with Crippen molar-refractivity contribution in [3.63, 3.8) is 0 Å². The lowest BCUT2D eigenvalue weighted by Crippen LogP contribution is -2.17. The quantitative estimate of drug-likeness (QED) is 0.756. The topological polar surface area (TPSA) is 46.2 Å². The van der Waals surface area contributed by atoms with Gasteiger partial charge in [0.15, 0.2) is 5.78 Å². The van der Waals surface area contributed by atoms with Gasteiger partial charge in [-0.2, -0.15) is 0 Å². The minimum absolute atomic E-state index is 0.00320. The lowest BCUT2D eigenvalue weighted by Gasteiger charge is -1.99. The Hall–Kier alpha value is -1.64. The number of rotatable bonds is 2. The van der Waals surface area contributed by atoms with Gasteiger partial charge in [0.1, 0.15) is 0 Å². The van der Waals surface area contributed by atoms with Gasteiger partial charge < -0.3 is 5.32 Å². The van der Waals surface area contributed by atoms with Crippen LogP contribution in [-0.2, 0) is 0 Å². The Labute approximate surface area is 90.5 Å². The van der Waals surface area contributed by atoms with Gasteiger partial charge in [0, 0.05) is 18.2 Å². The summed E-state index contributed by atoms with van der Waals surface area (Å²) in [5.74, 6) is -0.140. The third kappa shape index (κ3) is 3.94. The molecule has 0 aliphatic carbocycles. The summed E-state index contributed by atoms with van der Waals surface area (Å²) in [6.07, 6.45) is 0. The second kappa shape index (κ2) is 6.76. The van der Waals surface area contributed by atoms with Crippen molar-refractivity contribution in [3.05, 3.63) is 35.4 Å². The molecule has 1 aromatic carbocycles. The molecule has 0 aliphatic heterocycles. The fraction of sp³-hybridized carbons (Fsp3) is 0.333. The number of benzene rings is 1. The largest absolute Gasteiger partial charge is 0.355 e. The Morgan fingerprint density at radius 1 is 1.00 bits per heavy atom. The van der Waals surface area contributed by atoms with Gasteiger partial charge in [-0.15, -0.1) is 0 Å². The second-order valence-corrected chi connectivity index (χ2v) is 2.71. The van der Waals surface area contributed by atoms with Crippen LogP contribution < -0.4 is 5.32 Å². The molecule has 0 saturated heterocycles. The van der Waals surface area contributed by atoms with Gasteiger partial charge >= 0.3 is 0 Å².